The van der Waals surface area contributed by atoms with Gasteiger partial charge in [-0.15, -0.1) is 0 Å². The molecule has 2 aromatic carbocycles. The molecule has 1 unspecified atom stereocenters. The second-order valence-electron chi connectivity index (χ2n) is 4.95. The Morgan fingerprint density at radius 2 is 1.67 bits per heavy atom. The summed E-state index contributed by atoms with van der Waals surface area (Å²) >= 11 is 0. The molecule has 3 heteroatoms. The molecule has 0 radical (unpaired) electrons. The standard InChI is InChI=1S/C18H18O3/c1-19-16-7-5-13(6-8-16)15-4-3-14-11-17(20-2)9-10-18(14)21-12-15/h3-11,15H,12H2,1-2H3. The van der Waals surface area contributed by atoms with Crippen LogP contribution in [0.25, 0.3) is 6.08 Å². The van der Waals surface area contributed by atoms with Crippen LogP contribution in [0.3, 0.4) is 0 Å². The van der Waals surface area contributed by atoms with E-state index >= 15 is 0 Å². The third kappa shape index (κ3) is 2.87. The number of fused-ring (bicyclic) bond motifs is 1. The summed E-state index contributed by atoms with van der Waals surface area (Å²) in [6.07, 6.45) is 4.27. The molecule has 1 aliphatic heterocycles. The van der Waals surface area contributed by atoms with E-state index in [1.165, 1.54) is 5.56 Å². The maximum absolute atomic E-state index is 5.92. The second-order valence-corrected chi connectivity index (χ2v) is 4.95. The third-order valence-corrected chi connectivity index (χ3v) is 3.69. The fourth-order valence-electron chi connectivity index (χ4n) is 2.43. The van der Waals surface area contributed by atoms with Crippen molar-refractivity contribution < 1.29 is 14.2 Å². The number of hydrogen-bond donors (Lipinski definition) is 0. The lowest BCUT2D eigenvalue weighted by atomic mass is 9.99. The molecule has 21 heavy (non-hydrogen) atoms. The lowest BCUT2D eigenvalue weighted by Crippen LogP contribution is -2.07. The van der Waals surface area contributed by atoms with Crippen LogP contribution in [-0.2, 0) is 0 Å². The molecule has 1 heterocycles. The van der Waals surface area contributed by atoms with Gasteiger partial charge in [-0.25, -0.2) is 0 Å². The Kier molecular flexibility index (Phi) is 3.82. The average molecular weight is 282 g/mol. The average Bonchev–Trinajstić information content (AvgIpc) is 2.76. The summed E-state index contributed by atoms with van der Waals surface area (Å²) in [5.41, 5.74) is 2.26. The fraction of sp³-hybridized carbons (Fsp3) is 0.222. The van der Waals surface area contributed by atoms with Gasteiger partial charge in [-0.3, -0.25) is 0 Å². The van der Waals surface area contributed by atoms with Crippen molar-refractivity contribution in [1.29, 1.82) is 0 Å². The maximum Gasteiger partial charge on any atom is 0.126 e. The van der Waals surface area contributed by atoms with Crippen molar-refractivity contribution in [1.82, 2.24) is 0 Å². The van der Waals surface area contributed by atoms with Gasteiger partial charge in [0.2, 0.25) is 0 Å². The van der Waals surface area contributed by atoms with Gasteiger partial charge in [-0.05, 0) is 35.9 Å². The van der Waals surface area contributed by atoms with Crippen LogP contribution in [0.2, 0.25) is 0 Å². The van der Waals surface area contributed by atoms with Crippen molar-refractivity contribution in [2.24, 2.45) is 0 Å². The molecular weight excluding hydrogens is 264 g/mol. The molecule has 3 nitrogen and oxygen atoms in total. The topological polar surface area (TPSA) is 27.7 Å². The summed E-state index contributed by atoms with van der Waals surface area (Å²) in [6.45, 7) is 0.627. The molecule has 0 fully saturated rings. The summed E-state index contributed by atoms with van der Waals surface area (Å²) in [6, 6.07) is 14.0. The van der Waals surface area contributed by atoms with E-state index in [9.17, 15) is 0 Å². The lowest BCUT2D eigenvalue weighted by molar-refractivity contribution is 0.307. The van der Waals surface area contributed by atoms with E-state index in [1.54, 1.807) is 14.2 Å². The Balaban J connectivity index is 1.84. The van der Waals surface area contributed by atoms with E-state index in [4.69, 9.17) is 14.2 Å². The third-order valence-electron chi connectivity index (χ3n) is 3.69. The summed E-state index contributed by atoms with van der Waals surface area (Å²) in [5, 5.41) is 0. The van der Waals surface area contributed by atoms with Crippen molar-refractivity contribution in [3.05, 3.63) is 59.7 Å². The van der Waals surface area contributed by atoms with E-state index < -0.39 is 0 Å². The molecular formula is C18H18O3. The van der Waals surface area contributed by atoms with Crippen LogP contribution in [0, 0.1) is 0 Å². The SMILES string of the molecule is COc1ccc(C2C=Cc3cc(OC)ccc3OC2)cc1. The first kappa shape index (κ1) is 13.6. The highest BCUT2D eigenvalue weighted by Crippen LogP contribution is 2.31. The van der Waals surface area contributed by atoms with Crippen molar-refractivity contribution in [2.75, 3.05) is 20.8 Å². The van der Waals surface area contributed by atoms with Gasteiger partial charge in [0.15, 0.2) is 0 Å². The highest BCUT2D eigenvalue weighted by atomic mass is 16.5. The zero-order chi connectivity index (χ0) is 14.7. The largest absolute Gasteiger partial charge is 0.497 e. The van der Waals surface area contributed by atoms with Crippen molar-refractivity contribution in [3.63, 3.8) is 0 Å². The summed E-state index contributed by atoms with van der Waals surface area (Å²) in [7, 11) is 3.34. The minimum absolute atomic E-state index is 0.231. The molecule has 0 N–H and O–H groups in total. The Bertz CT molecular complexity index is 644. The Hall–Kier alpha value is -2.42. The van der Waals surface area contributed by atoms with Crippen LogP contribution < -0.4 is 14.2 Å². The number of hydrogen-bond acceptors (Lipinski definition) is 3. The first-order valence-corrected chi connectivity index (χ1v) is 6.93. The van der Waals surface area contributed by atoms with Crippen LogP contribution in [-0.4, -0.2) is 20.8 Å². The highest BCUT2D eigenvalue weighted by Gasteiger charge is 2.15. The predicted octanol–water partition coefficient (Wildman–Crippen LogP) is 3.89. The molecule has 0 saturated heterocycles. The van der Waals surface area contributed by atoms with Crippen LogP contribution in [0.15, 0.2) is 48.5 Å². The van der Waals surface area contributed by atoms with Gasteiger partial charge in [0.25, 0.3) is 0 Å². The summed E-state index contributed by atoms with van der Waals surface area (Å²) in [5.74, 6) is 2.83. The van der Waals surface area contributed by atoms with Crippen molar-refractivity contribution in [2.45, 2.75) is 5.92 Å². The minimum atomic E-state index is 0.231. The van der Waals surface area contributed by atoms with Gasteiger partial charge in [0.05, 0.1) is 20.8 Å². The molecule has 0 saturated carbocycles. The summed E-state index contributed by atoms with van der Waals surface area (Å²) in [4.78, 5) is 0. The Morgan fingerprint density at radius 1 is 0.952 bits per heavy atom. The molecule has 1 atom stereocenters. The van der Waals surface area contributed by atoms with Crippen molar-refractivity contribution >= 4 is 6.08 Å². The van der Waals surface area contributed by atoms with Crippen molar-refractivity contribution in [3.8, 4) is 17.2 Å². The van der Waals surface area contributed by atoms with Gasteiger partial charge in [0.1, 0.15) is 17.2 Å². The number of benzene rings is 2. The van der Waals surface area contributed by atoms with E-state index in [0.29, 0.717) is 6.61 Å². The quantitative estimate of drug-likeness (QED) is 0.854. The molecule has 3 rings (SSSR count). The second kappa shape index (κ2) is 5.92. The first-order valence-electron chi connectivity index (χ1n) is 6.93. The zero-order valence-electron chi connectivity index (χ0n) is 12.2. The van der Waals surface area contributed by atoms with E-state index in [-0.39, 0.29) is 5.92 Å². The molecule has 108 valence electrons. The number of ether oxygens (including phenoxy) is 3. The minimum Gasteiger partial charge on any atom is -0.497 e. The normalized spacial score (nSPS) is 16.6. The number of rotatable bonds is 3. The molecule has 2 aromatic rings. The van der Waals surface area contributed by atoms with E-state index in [2.05, 4.69) is 24.3 Å². The maximum atomic E-state index is 5.92. The van der Waals surface area contributed by atoms with Crippen LogP contribution in [0.1, 0.15) is 17.0 Å². The monoisotopic (exact) mass is 282 g/mol. The molecule has 0 bridgehead atoms. The Morgan fingerprint density at radius 3 is 2.38 bits per heavy atom. The van der Waals surface area contributed by atoms with Crippen LogP contribution in [0.5, 0.6) is 17.2 Å². The first-order chi connectivity index (χ1) is 10.3. The lowest BCUT2D eigenvalue weighted by Gasteiger charge is -2.13. The smallest absolute Gasteiger partial charge is 0.126 e. The summed E-state index contributed by atoms with van der Waals surface area (Å²) < 4.78 is 16.4. The predicted molar refractivity (Wildman–Crippen MR) is 83.3 cm³/mol. The highest BCUT2D eigenvalue weighted by molar-refractivity contribution is 5.61. The fourth-order valence-corrected chi connectivity index (χ4v) is 2.43. The molecule has 1 aliphatic rings. The Labute approximate surface area is 124 Å². The molecule has 0 aliphatic carbocycles. The van der Waals surface area contributed by atoms with Gasteiger partial charge in [0, 0.05) is 11.5 Å². The number of methoxy groups -OCH3 is 2. The zero-order valence-corrected chi connectivity index (χ0v) is 12.2. The molecule has 0 spiro atoms. The van der Waals surface area contributed by atoms with Crippen LogP contribution >= 0.6 is 0 Å². The van der Waals surface area contributed by atoms with Gasteiger partial charge < -0.3 is 14.2 Å². The van der Waals surface area contributed by atoms with Gasteiger partial charge in [-0.2, -0.15) is 0 Å². The van der Waals surface area contributed by atoms with E-state index in [0.717, 1.165) is 22.8 Å². The van der Waals surface area contributed by atoms with E-state index in [1.807, 2.05) is 30.3 Å². The van der Waals surface area contributed by atoms with Gasteiger partial charge in [-0.1, -0.05) is 24.3 Å². The van der Waals surface area contributed by atoms with Gasteiger partial charge >= 0.3 is 0 Å². The van der Waals surface area contributed by atoms with Crippen LogP contribution in [0.4, 0.5) is 0 Å². The molecule has 0 aromatic heterocycles. The molecule has 0 amide bonds.